The molecular formula is C44H56N2O13. The molecule has 9 atom stereocenters. The quantitative estimate of drug-likeness (QED) is 0.149. The van der Waals surface area contributed by atoms with Crippen molar-refractivity contribution < 1.29 is 63.3 Å². The number of rotatable bonds is 4. The normalized spacial score (nSPS) is 30.0. The molecule has 0 spiro atoms. The topological polar surface area (TPSA) is 212 Å². The Bertz CT molecular complexity index is 2290. The first kappa shape index (κ1) is 44.7. The molecule has 0 radical (unpaired) electrons. The van der Waals surface area contributed by atoms with E-state index in [0.717, 1.165) is 0 Å². The van der Waals surface area contributed by atoms with Crippen molar-refractivity contribution in [3.8, 4) is 17.2 Å². The van der Waals surface area contributed by atoms with E-state index in [0.29, 0.717) is 5.69 Å². The summed E-state index contributed by atoms with van der Waals surface area (Å²) in [7, 11) is 2.64. The Morgan fingerprint density at radius 3 is 2.19 bits per heavy atom. The molecule has 2 aliphatic heterocycles. The van der Waals surface area contributed by atoms with Crippen LogP contribution in [0.3, 0.4) is 0 Å². The van der Waals surface area contributed by atoms with E-state index in [1.54, 1.807) is 51.3 Å². The number of phenolic OH excluding ortho intramolecular Hbond substituents is 2. The first-order valence-electron chi connectivity index (χ1n) is 19.6. The van der Waals surface area contributed by atoms with Crippen LogP contribution < -0.4 is 10.1 Å². The van der Waals surface area contributed by atoms with Gasteiger partial charge in [-0.25, -0.2) is 4.79 Å². The Morgan fingerprint density at radius 1 is 0.932 bits per heavy atom. The van der Waals surface area contributed by atoms with Crippen LogP contribution in [0.2, 0.25) is 0 Å². The van der Waals surface area contributed by atoms with Gasteiger partial charge in [-0.3, -0.25) is 14.4 Å². The average molecular weight is 821 g/mol. The minimum absolute atomic E-state index is 0.0159. The smallest absolute Gasteiger partial charge is 0.340 e. The van der Waals surface area contributed by atoms with Gasteiger partial charge in [0.25, 0.3) is 11.7 Å². The molecule has 320 valence electrons. The molecule has 5 rings (SSSR count). The number of nitrogens with zero attached hydrogens (tertiary/aromatic N) is 1. The van der Waals surface area contributed by atoms with Gasteiger partial charge in [0.1, 0.15) is 17.6 Å². The predicted molar refractivity (Wildman–Crippen MR) is 219 cm³/mol. The Hall–Kier alpha value is -5.38. The summed E-state index contributed by atoms with van der Waals surface area (Å²) < 4.78 is 30.7. The van der Waals surface area contributed by atoms with Crippen LogP contribution in [0.25, 0.3) is 21.7 Å². The van der Waals surface area contributed by atoms with E-state index in [2.05, 4.69) is 5.32 Å². The van der Waals surface area contributed by atoms with E-state index < -0.39 is 89.0 Å². The second kappa shape index (κ2) is 17.1. The number of aliphatic hydroxyl groups excluding tert-OH is 2. The van der Waals surface area contributed by atoms with Crippen LogP contribution >= 0.6 is 0 Å². The van der Waals surface area contributed by atoms with Gasteiger partial charge in [0.05, 0.1) is 59.4 Å². The van der Waals surface area contributed by atoms with Gasteiger partial charge >= 0.3 is 17.7 Å². The van der Waals surface area contributed by atoms with Crippen LogP contribution in [0.4, 0.5) is 5.69 Å². The molecule has 15 nitrogen and oxygen atoms in total. The highest BCUT2D eigenvalue weighted by molar-refractivity contribution is 6.31. The lowest BCUT2D eigenvalue weighted by Crippen LogP contribution is -2.46. The van der Waals surface area contributed by atoms with E-state index in [9.17, 15) is 39.6 Å². The molecule has 9 unspecified atom stereocenters. The zero-order valence-electron chi connectivity index (χ0n) is 35.6. The molecular weight excluding hydrogens is 764 g/mol. The van der Waals surface area contributed by atoms with Crippen LogP contribution in [0.1, 0.15) is 87.4 Å². The number of esters is 2. The summed E-state index contributed by atoms with van der Waals surface area (Å²) in [6.45, 7) is 16.3. The number of carbonyl (C=O) groups excluding carboxylic acids is 4. The Kier molecular flexibility index (Phi) is 12.9. The second-order valence-corrected chi connectivity index (χ2v) is 15.8. The maximum atomic E-state index is 14.7. The van der Waals surface area contributed by atoms with Gasteiger partial charge in [-0.2, -0.15) is 0 Å². The molecule has 1 aromatic heterocycles. The minimum atomic E-state index is -2.02. The van der Waals surface area contributed by atoms with Crippen molar-refractivity contribution in [2.24, 2.45) is 23.7 Å². The Morgan fingerprint density at radius 2 is 1.59 bits per heavy atom. The summed E-state index contributed by atoms with van der Waals surface area (Å²) in [5.41, 5.74) is 0.689. The number of carbonyl (C=O) groups is 4. The van der Waals surface area contributed by atoms with Crippen molar-refractivity contribution in [2.45, 2.75) is 106 Å². The summed E-state index contributed by atoms with van der Waals surface area (Å²) in [5, 5.41) is 49.5. The van der Waals surface area contributed by atoms with Crippen LogP contribution in [0.5, 0.6) is 17.2 Å². The standard InChI is InChI=1S/C44H56N2O13/c1-13-46-25(8)28(43(54)56-12)30-33-38(51)31-29(34(30)46)32-40(24(7)37(31)50)59-44(10,41(32)52)57-18-17-27(55-11)21(4)39(58-26(9)47)23(6)36(49)22(5)35(48)19(2)15-14-16-20(3)42(53)45-33/h14-19,21-23,27,35-36,39,48-51H,13H2,1-12H3,(H,45,53)/b15-14-,18-17+,20-16+. The number of allylic oxidation sites excluding steroid dienone is 2. The highest BCUT2D eigenvalue weighted by Crippen LogP contribution is 2.55. The van der Waals surface area contributed by atoms with Gasteiger partial charge in [0.15, 0.2) is 5.75 Å². The van der Waals surface area contributed by atoms with Gasteiger partial charge in [0.2, 0.25) is 0 Å². The van der Waals surface area contributed by atoms with Gasteiger partial charge in [-0.1, -0.05) is 45.9 Å². The van der Waals surface area contributed by atoms with Crippen LogP contribution in [0, 0.1) is 37.5 Å². The Balaban J connectivity index is 1.82. The molecule has 4 bridgehead atoms. The summed E-state index contributed by atoms with van der Waals surface area (Å²) in [6.07, 6.45) is 3.60. The zero-order valence-corrected chi connectivity index (χ0v) is 35.6. The number of methoxy groups -OCH3 is 2. The summed E-state index contributed by atoms with van der Waals surface area (Å²) in [6, 6.07) is 0. The molecule has 15 heteroatoms. The van der Waals surface area contributed by atoms with Crippen molar-refractivity contribution >= 4 is 51.0 Å². The number of hydrogen-bond acceptors (Lipinski definition) is 13. The highest BCUT2D eigenvalue weighted by atomic mass is 16.7. The SMILES string of the molecule is CCn1c(C)c(C(=O)OC)c2c3c(O)c4c(O)c(C)c5c(c4c21)C(=O)C(C)(O/C=C/C(OC)C(C)C(OC(C)=O)C(C)C(O)C(C)C(O)C(C)/C=C\C=C(/C)C(=O)N3)O5. The molecule has 0 aliphatic carbocycles. The fourth-order valence-electron chi connectivity index (χ4n) is 8.47. The number of anilines is 1. The number of aromatic hydroxyl groups is 2. The minimum Gasteiger partial charge on any atom is -0.507 e. The number of aromatic nitrogens is 1. The van der Waals surface area contributed by atoms with E-state index in [1.807, 2.05) is 6.92 Å². The van der Waals surface area contributed by atoms with Gasteiger partial charge in [0, 0.05) is 78.8 Å². The number of phenols is 2. The first-order valence-corrected chi connectivity index (χ1v) is 19.6. The first-order chi connectivity index (χ1) is 27.7. The van der Waals surface area contributed by atoms with Crippen molar-refractivity contribution in [3.63, 3.8) is 0 Å². The largest absolute Gasteiger partial charge is 0.507 e. The number of amides is 1. The van der Waals surface area contributed by atoms with Crippen molar-refractivity contribution in [1.82, 2.24) is 4.57 Å². The lowest BCUT2D eigenvalue weighted by Gasteiger charge is -2.38. The van der Waals surface area contributed by atoms with Gasteiger partial charge < -0.3 is 54.0 Å². The molecule has 0 saturated heterocycles. The molecule has 3 heterocycles. The number of aliphatic hydroxyl groups is 2. The number of ether oxygens (including phenoxy) is 5. The van der Waals surface area contributed by atoms with E-state index in [-0.39, 0.29) is 61.9 Å². The van der Waals surface area contributed by atoms with Crippen molar-refractivity contribution in [1.29, 1.82) is 0 Å². The molecule has 2 aliphatic rings. The molecule has 0 fully saturated rings. The summed E-state index contributed by atoms with van der Waals surface area (Å²) in [4.78, 5) is 54.5. The molecule has 0 saturated carbocycles. The number of benzene rings is 2. The highest BCUT2D eigenvalue weighted by Gasteiger charge is 2.50. The summed E-state index contributed by atoms with van der Waals surface area (Å²) >= 11 is 0. The number of ketones is 1. The molecule has 1 amide bonds. The van der Waals surface area contributed by atoms with Crippen molar-refractivity contribution in [3.05, 3.63) is 58.5 Å². The molecule has 59 heavy (non-hydrogen) atoms. The van der Waals surface area contributed by atoms with E-state index in [4.69, 9.17) is 23.7 Å². The molecule has 2 aromatic carbocycles. The predicted octanol–water partition coefficient (Wildman–Crippen LogP) is 6.12. The number of hydrogen-bond donors (Lipinski definition) is 5. The maximum absolute atomic E-state index is 14.7. The van der Waals surface area contributed by atoms with Crippen LogP contribution in [0.15, 0.2) is 36.1 Å². The summed E-state index contributed by atoms with van der Waals surface area (Å²) in [5.74, 6) is -8.30. The fourth-order valence-corrected chi connectivity index (χ4v) is 8.47. The number of fused-ring (bicyclic) bond motifs is 1. The molecule has 3 aromatic rings. The van der Waals surface area contributed by atoms with Crippen LogP contribution in [-0.4, -0.2) is 93.0 Å². The number of aryl methyl sites for hydroxylation is 1. The third-order valence-corrected chi connectivity index (χ3v) is 12.0. The third-order valence-electron chi connectivity index (χ3n) is 12.0. The second-order valence-electron chi connectivity index (χ2n) is 15.8. The molecule has 5 N–H and O–H groups in total. The number of nitrogens with one attached hydrogen (secondary N) is 1. The number of Topliss-reactive ketones (excluding diaryl/α,β-unsaturated/α-hetero) is 1. The monoisotopic (exact) mass is 820 g/mol. The van der Waals surface area contributed by atoms with E-state index in [1.165, 1.54) is 60.3 Å². The zero-order chi connectivity index (χ0) is 44.0. The lowest BCUT2D eigenvalue weighted by atomic mass is 9.78. The van der Waals surface area contributed by atoms with Gasteiger partial charge in [-0.15, -0.1) is 0 Å². The maximum Gasteiger partial charge on any atom is 0.340 e. The van der Waals surface area contributed by atoms with E-state index >= 15 is 0 Å². The van der Waals surface area contributed by atoms with Crippen molar-refractivity contribution in [2.75, 3.05) is 19.5 Å². The average Bonchev–Trinajstić information content (AvgIpc) is 3.64. The Labute approximate surface area is 343 Å². The van der Waals surface area contributed by atoms with Gasteiger partial charge in [-0.05, 0) is 33.8 Å². The van der Waals surface area contributed by atoms with Crippen LogP contribution in [-0.2, 0) is 35.1 Å². The third kappa shape index (κ3) is 7.67. The fraction of sp³-hybridized carbons (Fsp3) is 0.500. The lowest BCUT2D eigenvalue weighted by molar-refractivity contribution is -0.160.